The number of ether oxygens (including phenoxy) is 2. The maximum Gasteiger partial charge on any atom is 0.137 e. The van der Waals surface area contributed by atoms with Gasteiger partial charge in [-0.3, -0.25) is 0 Å². The van der Waals surface area contributed by atoms with E-state index in [1.807, 2.05) is 36.4 Å². The average molecular weight is 357 g/mol. The fraction of sp³-hybridized carbons (Fsp3) is 0.200. The summed E-state index contributed by atoms with van der Waals surface area (Å²) in [6, 6.07) is 11.6. The van der Waals surface area contributed by atoms with Gasteiger partial charge in [-0.1, -0.05) is 17.7 Å². The largest absolute Gasteiger partial charge is 0.496 e. The van der Waals surface area contributed by atoms with E-state index in [-0.39, 0.29) is 0 Å². The molecule has 1 N–H and O–H groups in total. The minimum absolute atomic E-state index is 0.591. The first-order chi connectivity index (χ1) is 9.63. The second-order valence-corrected chi connectivity index (χ2v) is 5.43. The molecule has 0 aliphatic rings. The monoisotopic (exact) mass is 355 g/mol. The van der Waals surface area contributed by atoms with Crippen molar-refractivity contribution in [2.45, 2.75) is 6.54 Å². The number of rotatable bonds is 5. The summed E-state index contributed by atoms with van der Waals surface area (Å²) in [5.41, 5.74) is 2.09. The van der Waals surface area contributed by atoms with Crippen LogP contribution in [0.4, 0.5) is 5.69 Å². The van der Waals surface area contributed by atoms with Gasteiger partial charge in [-0.15, -0.1) is 0 Å². The Morgan fingerprint density at radius 2 is 1.75 bits per heavy atom. The highest BCUT2D eigenvalue weighted by Crippen LogP contribution is 2.28. The summed E-state index contributed by atoms with van der Waals surface area (Å²) in [4.78, 5) is 0. The van der Waals surface area contributed by atoms with Crippen molar-refractivity contribution in [2.75, 3.05) is 19.5 Å². The lowest BCUT2D eigenvalue weighted by atomic mass is 10.2. The van der Waals surface area contributed by atoms with Crippen LogP contribution in [-0.2, 0) is 6.54 Å². The lowest BCUT2D eigenvalue weighted by molar-refractivity contribution is 0.412. The molecular weight excluding hydrogens is 342 g/mol. The van der Waals surface area contributed by atoms with E-state index in [1.165, 1.54) is 0 Å². The fourth-order valence-corrected chi connectivity index (χ4v) is 2.65. The Balaban J connectivity index is 2.05. The molecule has 5 heteroatoms. The Kier molecular flexibility index (Phi) is 5.15. The lowest BCUT2D eigenvalue weighted by Gasteiger charge is -2.10. The number of nitrogens with one attached hydrogen (secondary N) is 1. The van der Waals surface area contributed by atoms with Crippen LogP contribution in [-0.4, -0.2) is 14.2 Å². The topological polar surface area (TPSA) is 30.5 Å². The van der Waals surface area contributed by atoms with Crippen LogP contribution in [0, 0.1) is 0 Å². The standard InChI is InChI=1S/C15H15BrClNO2/c1-19-14-5-3-10(7-12(14)16)9-18-11-4-6-15(20-2)13(17)8-11/h3-8,18H,9H2,1-2H3. The third-order valence-electron chi connectivity index (χ3n) is 2.86. The summed E-state index contributed by atoms with van der Waals surface area (Å²) in [6.45, 7) is 0.700. The van der Waals surface area contributed by atoms with Gasteiger partial charge in [-0.05, 0) is 51.8 Å². The maximum absolute atomic E-state index is 6.09. The third-order valence-corrected chi connectivity index (χ3v) is 3.78. The predicted molar refractivity (Wildman–Crippen MR) is 86.0 cm³/mol. The molecule has 0 bridgehead atoms. The molecule has 0 radical (unpaired) electrons. The maximum atomic E-state index is 6.09. The molecule has 0 aliphatic carbocycles. The summed E-state index contributed by atoms with van der Waals surface area (Å²) in [7, 11) is 3.25. The summed E-state index contributed by atoms with van der Waals surface area (Å²) in [6.07, 6.45) is 0. The van der Waals surface area contributed by atoms with Gasteiger partial charge in [0.25, 0.3) is 0 Å². The van der Waals surface area contributed by atoms with Gasteiger partial charge >= 0.3 is 0 Å². The molecule has 0 heterocycles. The number of hydrogen-bond acceptors (Lipinski definition) is 3. The van der Waals surface area contributed by atoms with E-state index in [0.29, 0.717) is 17.3 Å². The Labute approximate surface area is 132 Å². The van der Waals surface area contributed by atoms with Gasteiger partial charge in [-0.25, -0.2) is 0 Å². The minimum atomic E-state index is 0.591. The molecule has 0 aliphatic heterocycles. The average Bonchev–Trinajstić information content (AvgIpc) is 2.45. The molecule has 2 rings (SSSR count). The molecule has 0 saturated heterocycles. The smallest absolute Gasteiger partial charge is 0.137 e. The van der Waals surface area contributed by atoms with Crippen molar-refractivity contribution in [1.29, 1.82) is 0 Å². The van der Waals surface area contributed by atoms with Crippen molar-refractivity contribution < 1.29 is 9.47 Å². The first-order valence-electron chi connectivity index (χ1n) is 6.04. The van der Waals surface area contributed by atoms with E-state index >= 15 is 0 Å². The first kappa shape index (κ1) is 15.0. The van der Waals surface area contributed by atoms with Crippen molar-refractivity contribution >= 4 is 33.2 Å². The molecule has 0 aromatic heterocycles. The van der Waals surface area contributed by atoms with Crippen LogP contribution in [0.5, 0.6) is 11.5 Å². The molecule has 0 amide bonds. The zero-order valence-corrected chi connectivity index (χ0v) is 13.6. The van der Waals surface area contributed by atoms with E-state index in [4.69, 9.17) is 21.1 Å². The molecule has 0 fully saturated rings. The molecule has 0 saturated carbocycles. The van der Waals surface area contributed by atoms with Crippen LogP contribution in [0.25, 0.3) is 0 Å². The molecule has 0 unspecified atom stereocenters. The molecule has 3 nitrogen and oxygen atoms in total. The number of methoxy groups -OCH3 is 2. The fourth-order valence-electron chi connectivity index (χ4n) is 1.80. The molecular formula is C15H15BrClNO2. The van der Waals surface area contributed by atoms with E-state index in [9.17, 15) is 0 Å². The van der Waals surface area contributed by atoms with Gasteiger partial charge in [0.15, 0.2) is 0 Å². The molecule has 2 aromatic carbocycles. The van der Waals surface area contributed by atoms with E-state index in [2.05, 4.69) is 21.2 Å². The number of hydrogen-bond donors (Lipinski definition) is 1. The number of anilines is 1. The highest BCUT2D eigenvalue weighted by molar-refractivity contribution is 9.10. The van der Waals surface area contributed by atoms with Crippen molar-refractivity contribution in [3.8, 4) is 11.5 Å². The van der Waals surface area contributed by atoms with Crippen LogP contribution >= 0.6 is 27.5 Å². The first-order valence-corrected chi connectivity index (χ1v) is 7.21. The van der Waals surface area contributed by atoms with Gasteiger partial charge in [0.1, 0.15) is 11.5 Å². The van der Waals surface area contributed by atoms with Gasteiger partial charge in [-0.2, -0.15) is 0 Å². The van der Waals surface area contributed by atoms with Crippen LogP contribution in [0.15, 0.2) is 40.9 Å². The van der Waals surface area contributed by atoms with Gasteiger partial charge in [0.2, 0.25) is 0 Å². The summed E-state index contributed by atoms with van der Waals surface area (Å²) >= 11 is 9.56. The van der Waals surface area contributed by atoms with E-state index in [0.717, 1.165) is 21.5 Å². The minimum Gasteiger partial charge on any atom is -0.496 e. The zero-order chi connectivity index (χ0) is 14.5. The van der Waals surface area contributed by atoms with Gasteiger partial charge < -0.3 is 14.8 Å². The lowest BCUT2D eigenvalue weighted by Crippen LogP contribution is -2.00. The summed E-state index contributed by atoms with van der Waals surface area (Å²) in [5, 5.41) is 3.91. The Morgan fingerprint density at radius 3 is 2.35 bits per heavy atom. The Hall–Kier alpha value is -1.39. The molecule has 0 spiro atoms. The van der Waals surface area contributed by atoms with Crippen molar-refractivity contribution in [3.05, 3.63) is 51.5 Å². The number of halogens is 2. The third kappa shape index (κ3) is 3.58. The highest BCUT2D eigenvalue weighted by atomic mass is 79.9. The zero-order valence-electron chi connectivity index (χ0n) is 11.2. The normalized spacial score (nSPS) is 10.2. The quantitative estimate of drug-likeness (QED) is 0.840. The SMILES string of the molecule is COc1ccc(NCc2ccc(OC)c(Br)c2)cc1Cl. The van der Waals surface area contributed by atoms with Crippen LogP contribution in [0.1, 0.15) is 5.56 Å². The van der Waals surface area contributed by atoms with Crippen molar-refractivity contribution in [3.63, 3.8) is 0 Å². The summed E-state index contributed by atoms with van der Waals surface area (Å²) < 4.78 is 11.3. The number of benzene rings is 2. The predicted octanol–water partition coefficient (Wildman–Crippen LogP) is 4.73. The highest BCUT2D eigenvalue weighted by Gasteiger charge is 2.03. The molecule has 20 heavy (non-hydrogen) atoms. The van der Waals surface area contributed by atoms with E-state index < -0.39 is 0 Å². The van der Waals surface area contributed by atoms with Crippen molar-refractivity contribution in [1.82, 2.24) is 0 Å². The van der Waals surface area contributed by atoms with Gasteiger partial charge in [0.05, 0.1) is 23.7 Å². The van der Waals surface area contributed by atoms with Crippen molar-refractivity contribution in [2.24, 2.45) is 0 Å². The van der Waals surface area contributed by atoms with E-state index in [1.54, 1.807) is 14.2 Å². The second kappa shape index (κ2) is 6.86. The van der Waals surface area contributed by atoms with Crippen LogP contribution < -0.4 is 14.8 Å². The Bertz CT molecular complexity index is 551. The molecule has 2 aromatic rings. The Morgan fingerprint density at radius 1 is 1.05 bits per heavy atom. The summed E-state index contributed by atoms with van der Waals surface area (Å²) in [5.74, 6) is 1.49. The molecule has 0 atom stereocenters. The van der Waals surface area contributed by atoms with Crippen LogP contribution in [0.3, 0.4) is 0 Å². The second-order valence-electron chi connectivity index (χ2n) is 4.17. The molecule has 106 valence electrons. The van der Waals surface area contributed by atoms with Crippen LogP contribution in [0.2, 0.25) is 5.02 Å². The van der Waals surface area contributed by atoms with Gasteiger partial charge in [0, 0.05) is 12.2 Å².